The number of aliphatic hydroxyl groups is 1. The van der Waals surface area contributed by atoms with Crippen LogP contribution in [0.5, 0.6) is 0 Å². The van der Waals surface area contributed by atoms with Crippen molar-refractivity contribution < 1.29 is 9.84 Å². The van der Waals surface area contributed by atoms with Gasteiger partial charge in [0, 0.05) is 11.4 Å². The van der Waals surface area contributed by atoms with Crippen molar-refractivity contribution in [1.82, 2.24) is 4.90 Å². The predicted molar refractivity (Wildman–Crippen MR) is 98.1 cm³/mol. The largest absolute Gasteiger partial charge is 0.386 e. The number of aryl methyl sites for hydroxylation is 1. The molecule has 0 spiro atoms. The van der Waals surface area contributed by atoms with Crippen LogP contribution in [0.3, 0.4) is 0 Å². The minimum Gasteiger partial charge on any atom is -0.386 e. The summed E-state index contributed by atoms with van der Waals surface area (Å²) < 4.78 is 5.72. The van der Waals surface area contributed by atoms with Crippen LogP contribution >= 0.6 is 11.3 Å². The molecule has 0 bridgehead atoms. The molecule has 2 rings (SSSR count). The monoisotopic (exact) mass is 333 g/mol. The van der Waals surface area contributed by atoms with Crippen molar-refractivity contribution >= 4 is 11.3 Å². The van der Waals surface area contributed by atoms with E-state index in [0.717, 1.165) is 36.3 Å². The van der Waals surface area contributed by atoms with Gasteiger partial charge in [0.15, 0.2) is 0 Å². The van der Waals surface area contributed by atoms with Crippen LogP contribution in [-0.4, -0.2) is 42.9 Å². The van der Waals surface area contributed by atoms with E-state index in [1.165, 1.54) is 4.88 Å². The summed E-state index contributed by atoms with van der Waals surface area (Å²) in [6, 6.07) is 10.3. The SMILES string of the molecule is CCN(CC)CCOCC(O)c1c(C)cccc1-c1cccs1. The van der Waals surface area contributed by atoms with E-state index in [0.29, 0.717) is 13.2 Å². The van der Waals surface area contributed by atoms with Crippen LogP contribution in [0.2, 0.25) is 0 Å². The summed E-state index contributed by atoms with van der Waals surface area (Å²) in [5, 5.41) is 12.7. The molecule has 1 N–H and O–H groups in total. The first-order valence-electron chi connectivity index (χ1n) is 8.28. The number of benzene rings is 1. The van der Waals surface area contributed by atoms with E-state index in [4.69, 9.17) is 4.74 Å². The summed E-state index contributed by atoms with van der Waals surface area (Å²) in [5.41, 5.74) is 3.20. The first-order chi connectivity index (χ1) is 11.2. The highest BCUT2D eigenvalue weighted by Crippen LogP contribution is 2.33. The smallest absolute Gasteiger partial charge is 0.103 e. The van der Waals surface area contributed by atoms with Gasteiger partial charge in [-0.05, 0) is 48.2 Å². The maximum absolute atomic E-state index is 10.6. The molecule has 1 heterocycles. The number of thiophene rings is 1. The van der Waals surface area contributed by atoms with Gasteiger partial charge in [0.25, 0.3) is 0 Å². The van der Waals surface area contributed by atoms with E-state index in [2.05, 4.69) is 36.3 Å². The average Bonchev–Trinajstić information content (AvgIpc) is 3.09. The third-order valence-corrected chi connectivity index (χ3v) is 5.07. The maximum Gasteiger partial charge on any atom is 0.103 e. The van der Waals surface area contributed by atoms with Gasteiger partial charge in [0.05, 0.1) is 13.2 Å². The third-order valence-electron chi connectivity index (χ3n) is 4.17. The Kier molecular flexibility index (Phi) is 7.24. The van der Waals surface area contributed by atoms with Gasteiger partial charge in [0.1, 0.15) is 6.10 Å². The molecule has 0 aliphatic carbocycles. The quantitative estimate of drug-likeness (QED) is 0.701. The molecule has 0 saturated carbocycles. The van der Waals surface area contributed by atoms with Crippen molar-refractivity contribution in [2.24, 2.45) is 0 Å². The summed E-state index contributed by atoms with van der Waals surface area (Å²) >= 11 is 1.70. The molecule has 3 nitrogen and oxygen atoms in total. The lowest BCUT2D eigenvalue weighted by atomic mass is 9.96. The Balaban J connectivity index is 2.01. The highest BCUT2D eigenvalue weighted by Gasteiger charge is 2.17. The average molecular weight is 333 g/mol. The minimum atomic E-state index is -0.593. The molecule has 0 amide bonds. The number of ether oxygens (including phenoxy) is 1. The predicted octanol–water partition coefficient (Wildman–Crippen LogP) is 4.12. The minimum absolute atomic E-state index is 0.338. The molecule has 1 unspecified atom stereocenters. The molecule has 23 heavy (non-hydrogen) atoms. The molecular weight excluding hydrogens is 306 g/mol. The molecule has 2 aromatic rings. The zero-order valence-corrected chi connectivity index (χ0v) is 15.1. The van der Waals surface area contributed by atoms with Crippen LogP contribution < -0.4 is 0 Å². The van der Waals surface area contributed by atoms with E-state index in [1.54, 1.807) is 11.3 Å². The highest BCUT2D eigenvalue weighted by atomic mass is 32.1. The van der Waals surface area contributed by atoms with E-state index in [9.17, 15) is 5.11 Å². The Labute approximate surface area is 143 Å². The summed E-state index contributed by atoms with van der Waals surface area (Å²) in [5.74, 6) is 0. The van der Waals surface area contributed by atoms with Gasteiger partial charge in [-0.2, -0.15) is 0 Å². The van der Waals surface area contributed by atoms with Crippen LogP contribution in [0.1, 0.15) is 31.1 Å². The van der Waals surface area contributed by atoms with Crippen LogP contribution in [0.15, 0.2) is 35.7 Å². The van der Waals surface area contributed by atoms with Gasteiger partial charge in [-0.15, -0.1) is 11.3 Å². The molecule has 0 aliphatic rings. The molecule has 4 heteroatoms. The lowest BCUT2D eigenvalue weighted by Crippen LogP contribution is -2.27. The van der Waals surface area contributed by atoms with Gasteiger partial charge < -0.3 is 14.7 Å². The lowest BCUT2D eigenvalue weighted by molar-refractivity contribution is 0.0274. The summed E-state index contributed by atoms with van der Waals surface area (Å²) in [6.45, 7) is 10.3. The van der Waals surface area contributed by atoms with Crippen molar-refractivity contribution in [2.75, 3.05) is 32.8 Å². The molecular formula is C19H27NO2S. The Bertz CT molecular complexity index is 579. The number of likely N-dealkylation sites (N-methyl/N-ethyl adjacent to an activating group) is 1. The van der Waals surface area contributed by atoms with Gasteiger partial charge in [0.2, 0.25) is 0 Å². The fourth-order valence-corrected chi connectivity index (χ4v) is 3.55. The first-order valence-corrected chi connectivity index (χ1v) is 9.16. The number of hydrogen-bond donors (Lipinski definition) is 1. The van der Waals surface area contributed by atoms with E-state index in [-0.39, 0.29) is 0 Å². The van der Waals surface area contributed by atoms with Gasteiger partial charge >= 0.3 is 0 Å². The Morgan fingerprint density at radius 3 is 2.61 bits per heavy atom. The second kappa shape index (κ2) is 9.18. The molecule has 1 aromatic heterocycles. The molecule has 126 valence electrons. The second-order valence-electron chi connectivity index (χ2n) is 5.63. The van der Waals surface area contributed by atoms with Crippen molar-refractivity contribution in [1.29, 1.82) is 0 Å². The van der Waals surface area contributed by atoms with Crippen molar-refractivity contribution in [3.05, 3.63) is 46.8 Å². The summed E-state index contributed by atoms with van der Waals surface area (Å²) in [7, 11) is 0. The van der Waals surface area contributed by atoms with E-state index < -0.39 is 6.10 Å². The van der Waals surface area contributed by atoms with Gasteiger partial charge in [-0.25, -0.2) is 0 Å². The van der Waals surface area contributed by atoms with Crippen LogP contribution in [0, 0.1) is 6.92 Å². The molecule has 1 atom stereocenters. The van der Waals surface area contributed by atoms with Crippen LogP contribution in [0.25, 0.3) is 10.4 Å². The first kappa shape index (κ1) is 18.1. The molecule has 0 saturated heterocycles. The van der Waals surface area contributed by atoms with Crippen LogP contribution in [0.4, 0.5) is 0 Å². The second-order valence-corrected chi connectivity index (χ2v) is 6.58. The zero-order chi connectivity index (χ0) is 16.7. The normalized spacial score (nSPS) is 12.7. The Morgan fingerprint density at radius 2 is 1.96 bits per heavy atom. The third kappa shape index (κ3) is 4.88. The van der Waals surface area contributed by atoms with E-state index >= 15 is 0 Å². The summed E-state index contributed by atoms with van der Waals surface area (Å²) in [6.07, 6.45) is -0.593. The topological polar surface area (TPSA) is 32.7 Å². The zero-order valence-electron chi connectivity index (χ0n) is 14.3. The molecule has 0 aliphatic heterocycles. The number of nitrogens with zero attached hydrogens (tertiary/aromatic N) is 1. The van der Waals surface area contributed by atoms with Gasteiger partial charge in [-0.1, -0.05) is 38.1 Å². The van der Waals surface area contributed by atoms with Crippen LogP contribution in [-0.2, 0) is 4.74 Å². The Morgan fingerprint density at radius 1 is 1.17 bits per heavy atom. The maximum atomic E-state index is 10.6. The number of hydrogen-bond acceptors (Lipinski definition) is 4. The molecule has 0 fully saturated rings. The number of aliphatic hydroxyl groups excluding tert-OH is 1. The fraction of sp³-hybridized carbons (Fsp3) is 0.474. The standard InChI is InChI=1S/C19H27NO2S/c1-4-20(5-2)11-12-22-14-17(21)19-15(3)8-6-9-16(19)18-10-7-13-23-18/h6-10,13,17,21H,4-5,11-12,14H2,1-3H3. The number of rotatable bonds is 9. The molecule has 1 aromatic carbocycles. The Hall–Kier alpha value is -1.20. The fourth-order valence-electron chi connectivity index (χ4n) is 2.78. The molecule has 0 radical (unpaired) electrons. The van der Waals surface area contributed by atoms with Crippen molar-refractivity contribution in [3.8, 4) is 10.4 Å². The summed E-state index contributed by atoms with van der Waals surface area (Å²) in [4.78, 5) is 3.50. The highest BCUT2D eigenvalue weighted by molar-refractivity contribution is 7.13. The lowest BCUT2D eigenvalue weighted by Gasteiger charge is -2.20. The van der Waals surface area contributed by atoms with Crippen molar-refractivity contribution in [2.45, 2.75) is 26.9 Å². The van der Waals surface area contributed by atoms with Gasteiger partial charge in [-0.3, -0.25) is 0 Å². The van der Waals surface area contributed by atoms with Crippen molar-refractivity contribution in [3.63, 3.8) is 0 Å². The van der Waals surface area contributed by atoms with E-state index in [1.807, 2.05) is 25.1 Å².